The lowest BCUT2D eigenvalue weighted by Crippen LogP contribution is -2.64. The molecule has 12 heteroatoms. The third kappa shape index (κ3) is 5.65. The van der Waals surface area contributed by atoms with Crippen LogP contribution in [0.2, 0.25) is 0 Å². The maximum atomic E-state index is 13.5. The molecule has 12 nitrogen and oxygen atoms in total. The number of fused-ring (bicyclic) bond motifs is 5. The molecule has 45 heavy (non-hydrogen) atoms. The van der Waals surface area contributed by atoms with Crippen LogP contribution in [0.15, 0.2) is 11.6 Å². The van der Waals surface area contributed by atoms with Gasteiger partial charge in [-0.3, -0.25) is 4.79 Å². The van der Waals surface area contributed by atoms with Crippen molar-refractivity contribution in [1.82, 2.24) is 0 Å². The summed E-state index contributed by atoms with van der Waals surface area (Å²) in [6.07, 6.45) is -6.69. The third-order valence-corrected chi connectivity index (χ3v) is 12.6. The van der Waals surface area contributed by atoms with Gasteiger partial charge in [0.2, 0.25) is 0 Å². The summed E-state index contributed by atoms with van der Waals surface area (Å²) in [5.74, 6) is -1.40. The van der Waals surface area contributed by atoms with Gasteiger partial charge in [0, 0.05) is 11.3 Å². The zero-order chi connectivity index (χ0) is 33.5. The summed E-state index contributed by atoms with van der Waals surface area (Å²) in [5.41, 5.74) is -5.20. The maximum absolute atomic E-state index is 13.5. The third-order valence-electron chi connectivity index (χ3n) is 12.6. The predicted octanol–water partition coefficient (Wildman–Crippen LogP) is -0.322. The lowest BCUT2D eigenvalue weighted by atomic mass is 9.45. The van der Waals surface area contributed by atoms with Crippen molar-refractivity contribution in [1.29, 1.82) is 0 Å². The van der Waals surface area contributed by atoms with Crippen molar-refractivity contribution in [3.05, 3.63) is 11.6 Å². The van der Waals surface area contributed by atoms with Gasteiger partial charge in [-0.05, 0) is 101 Å². The van der Waals surface area contributed by atoms with Gasteiger partial charge < -0.3 is 55.4 Å². The van der Waals surface area contributed by atoms with E-state index < -0.39 is 95.1 Å². The van der Waals surface area contributed by atoms with Crippen LogP contribution in [-0.2, 0) is 14.3 Å². The second kappa shape index (κ2) is 11.8. The van der Waals surface area contributed by atoms with Crippen molar-refractivity contribution in [3.63, 3.8) is 0 Å². The van der Waals surface area contributed by atoms with Crippen molar-refractivity contribution >= 4 is 5.78 Å². The highest BCUT2D eigenvalue weighted by atomic mass is 16.7. The first kappa shape index (κ1) is 35.3. The largest absolute Gasteiger partial charge is 0.394 e. The number of hydrogen-bond donors (Lipinski definition) is 9. The first-order chi connectivity index (χ1) is 20.7. The van der Waals surface area contributed by atoms with Crippen LogP contribution in [0.25, 0.3) is 0 Å². The molecule has 4 aliphatic carbocycles. The highest BCUT2D eigenvalue weighted by Crippen LogP contribution is 2.68. The number of ether oxygens (including phenoxy) is 2. The van der Waals surface area contributed by atoms with Gasteiger partial charge >= 0.3 is 0 Å². The van der Waals surface area contributed by atoms with Crippen LogP contribution in [0.1, 0.15) is 86.0 Å². The summed E-state index contributed by atoms with van der Waals surface area (Å²) in [4.78, 5) is 13.5. The van der Waals surface area contributed by atoms with Crippen LogP contribution < -0.4 is 0 Å². The van der Waals surface area contributed by atoms with Crippen molar-refractivity contribution < 1.29 is 60.2 Å². The van der Waals surface area contributed by atoms with E-state index in [4.69, 9.17) is 9.47 Å². The van der Waals surface area contributed by atoms with Gasteiger partial charge in [-0.25, -0.2) is 0 Å². The second-order valence-electron chi connectivity index (χ2n) is 16.0. The fourth-order valence-corrected chi connectivity index (χ4v) is 9.86. The van der Waals surface area contributed by atoms with E-state index >= 15 is 0 Å². The molecule has 1 saturated heterocycles. The fourth-order valence-electron chi connectivity index (χ4n) is 9.86. The van der Waals surface area contributed by atoms with Gasteiger partial charge in [0.1, 0.15) is 24.4 Å². The zero-order valence-corrected chi connectivity index (χ0v) is 27.0. The highest BCUT2D eigenvalue weighted by molar-refractivity contribution is 5.95. The van der Waals surface area contributed by atoms with E-state index in [0.717, 1.165) is 0 Å². The Labute approximate surface area is 264 Å². The molecule has 0 aromatic carbocycles. The molecule has 0 aromatic heterocycles. The van der Waals surface area contributed by atoms with Crippen molar-refractivity contribution in [2.45, 2.75) is 152 Å². The molecular formula is C33H54O12. The van der Waals surface area contributed by atoms with Crippen LogP contribution in [0, 0.1) is 28.6 Å². The molecule has 0 aromatic rings. The molecule has 5 aliphatic rings. The maximum Gasteiger partial charge on any atom is 0.187 e. The van der Waals surface area contributed by atoms with Crippen molar-refractivity contribution in [3.8, 4) is 0 Å². The molecular weight excluding hydrogens is 588 g/mol. The van der Waals surface area contributed by atoms with Crippen LogP contribution in [0.5, 0.6) is 0 Å². The van der Waals surface area contributed by atoms with E-state index in [9.17, 15) is 50.8 Å². The number of rotatable bonds is 8. The quantitative estimate of drug-likeness (QED) is 0.166. The normalized spacial score (nSPS) is 48.9. The van der Waals surface area contributed by atoms with Crippen LogP contribution >= 0.6 is 0 Å². The molecule has 4 fully saturated rings. The summed E-state index contributed by atoms with van der Waals surface area (Å²) < 4.78 is 11.8. The number of carbonyl (C=O) groups excluding carboxylic acids is 1. The Morgan fingerprint density at radius 2 is 1.64 bits per heavy atom. The molecule has 5 rings (SSSR count). The first-order valence-corrected chi connectivity index (χ1v) is 16.5. The average molecular weight is 643 g/mol. The number of aliphatic hydroxyl groups is 9. The van der Waals surface area contributed by atoms with Gasteiger partial charge in [0.25, 0.3) is 0 Å². The van der Waals surface area contributed by atoms with E-state index in [1.807, 2.05) is 13.8 Å². The second-order valence-corrected chi connectivity index (χ2v) is 16.0. The molecule has 15 atom stereocenters. The monoisotopic (exact) mass is 642 g/mol. The lowest BCUT2D eigenvalue weighted by Gasteiger charge is -2.61. The molecule has 258 valence electrons. The van der Waals surface area contributed by atoms with E-state index in [0.29, 0.717) is 24.8 Å². The molecule has 15 unspecified atom stereocenters. The van der Waals surface area contributed by atoms with Gasteiger partial charge in [-0.2, -0.15) is 0 Å². The van der Waals surface area contributed by atoms with Crippen LogP contribution in [-0.4, -0.2) is 124 Å². The fraction of sp³-hybridized carbons (Fsp3) is 0.909. The van der Waals surface area contributed by atoms with E-state index in [-0.39, 0.29) is 43.8 Å². The summed E-state index contributed by atoms with van der Waals surface area (Å²) in [6.45, 7) is 8.06. The van der Waals surface area contributed by atoms with E-state index in [1.165, 1.54) is 0 Å². The minimum absolute atomic E-state index is 0.111. The number of ketones is 1. The number of allylic oxidation sites excluding steroid dienone is 1. The van der Waals surface area contributed by atoms with E-state index in [1.54, 1.807) is 26.8 Å². The van der Waals surface area contributed by atoms with Gasteiger partial charge in [0.05, 0.1) is 41.7 Å². The Morgan fingerprint density at radius 3 is 2.27 bits per heavy atom. The summed E-state index contributed by atoms with van der Waals surface area (Å²) in [5, 5.41) is 97.6. The Bertz CT molecular complexity index is 1150. The topological polar surface area (TPSA) is 218 Å². The standard InChI is InChI=1S/C33H54O12/c1-29(2,41)9-8-24(45-28-27(40)26(39)25(38)22(15-34)44-28)32(5,42)23-7-11-33(43)17-12-19(35)18-13-20(36)21(37)14-30(18,3)16(17)6-10-31(23,33)4/h12,16,18,20-28,34,36-43H,6-11,13-15H2,1-5H3. The predicted molar refractivity (Wildman–Crippen MR) is 159 cm³/mol. The molecule has 9 N–H and O–H groups in total. The van der Waals surface area contributed by atoms with Gasteiger partial charge in [-0.1, -0.05) is 13.8 Å². The minimum Gasteiger partial charge on any atom is -0.394 e. The molecule has 0 amide bonds. The molecule has 0 bridgehead atoms. The summed E-state index contributed by atoms with van der Waals surface area (Å²) in [6, 6.07) is 0. The Hall–Kier alpha value is -1.03. The number of hydrogen-bond acceptors (Lipinski definition) is 12. The molecule has 1 heterocycles. The Kier molecular flexibility index (Phi) is 9.28. The average Bonchev–Trinajstić information content (AvgIpc) is 3.23. The van der Waals surface area contributed by atoms with Crippen molar-refractivity contribution in [2.75, 3.05) is 6.61 Å². The summed E-state index contributed by atoms with van der Waals surface area (Å²) >= 11 is 0. The number of carbonyl (C=O) groups is 1. The number of aliphatic hydroxyl groups excluding tert-OH is 6. The molecule has 0 spiro atoms. The first-order valence-electron chi connectivity index (χ1n) is 16.5. The molecule has 3 saturated carbocycles. The lowest BCUT2D eigenvalue weighted by molar-refractivity contribution is -0.328. The zero-order valence-electron chi connectivity index (χ0n) is 27.0. The van der Waals surface area contributed by atoms with Crippen LogP contribution in [0.3, 0.4) is 0 Å². The molecule has 1 aliphatic heterocycles. The summed E-state index contributed by atoms with van der Waals surface area (Å²) in [7, 11) is 0. The smallest absolute Gasteiger partial charge is 0.187 e. The minimum atomic E-state index is -1.69. The Morgan fingerprint density at radius 1 is 0.978 bits per heavy atom. The van der Waals surface area contributed by atoms with Gasteiger partial charge in [0.15, 0.2) is 12.1 Å². The Balaban J connectivity index is 1.47. The SMILES string of the molecule is CC(C)(O)CCC(OC1OC(CO)C(O)C(O)C1O)C(C)(O)C1CCC2(O)C3=CC(=O)C4CC(O)C(O)CC4(C)C3CCC12C. The highest BCUT2D eigenvalue weighted by Gasteiger charge is 2.69. The van der Waals surface area contributed by atoms with Crippen LogP contribution in [0.4, 0.5) is 0 Å². The van der Waals surface area contributed by atoms with Crippen molar-refractivity contribution in [2.24, 2.45) is 28.6 Å². The van der Waals surface area contributed by atoms with Gasteiger partial charge in [-0.15, -0.1) is 0 Å². The van der Waals surface area contributed by atoms with E-state index in [2.05, 4.69) is 0 Å². The molecule has 0 radical (unpaired) electrons.